The summed E-state index contributed by atoms with van der Waals surface area (Å²) < 4.78 is 0. The van der Waals surface area contributed by atoms with E-state index in [1.165, 1.54) is 25.7 Å². The summed E-state index contributed by atoms with van der Waals surface area (Å²) in [5.74, 6) is 1.85. The standard InChI is InChI=1S/C19H25Cl2N7/c1-12-10-15(24-13-4-2-3-5-13)26-19(23-12)27-16-11-14(20)17(18(21)25-16)28-8-6-22-7-9-28/h10-11,13,22H,2-9H2,1H3,(H2,23,24,25,26,27). The normalized spacial score (nSPS) is 17.8. The Kier molecular flexibility index (Phi) is 6.04. The number of rotatable bonds is 5. The number of halogens is 2. The number of hydrogen-bond acceptors (Lipinski definition) is 7. The van der Waals surface area contributed by atoms with Crippen molar-refractivity contribution in [2.24, 2.45) is 0 Å². The van der Waals surface area contributed by atoms with Gasteiger partial charge < -0.3 is 20.9 Å². The van der Waals surface area contributed by atoms with E-state index >= 15 is 0 Å². The highest BCUT2D eigenvalue weighted by molar-refractivity contribution is 6.38. The topological polar surface area (TPSA) is 78.0 Å². The van der Waals surface area contributed by atoms with Gasteiger partial charge in [-0.3, -0.25) is 0 Å². The van der Waals surface area contributed by atoms with Crippen LogP contribution < -0.4 is 20.9 Å². The van der Waals surface area contributed by atoms with Crippen LogP contribution in [0, 0.1) is 6.92 Å². The van der Waals surface area contributed by atoms with Gasteiger partial charge in [0.2, 0.25) is 5.95 Å². The van der Waals surface area contributed by atoms with Crippen molar-refractivity contribution in [2.75, 3.05) is 41.7 Å². The van der Waals surface area contributed by atoms with Gasteiger partial charge in [-0.1, -0.05) is 36.0 Å². The van der Waals surface area contributed by atoms with Gasteiger partial charge in [-0.25, -0.2) is 9.97 Å². The smallest absolute Gasteiger partial charge is 0.230 e. The Hall–Kier alpha value is -1.83. The lowest BCUT2D eigenvalue weighted by Gasteiger charge is -2.30. The van der Waals surface area contributed by atoms with Crippen molar-refractivity contribution in [1.29, 1.82) is 0 Å². The van der Waals surface area contributed by atoms with Crippen LogP contribution in [0.2, 0.25) is 10.2 Å². The Morgan fingerprint density at radius 3 is 2.50 bits per heavy atom. The van der Waals surface area contributed by atoms with E-state index < -0.39 is 0 Å². The lowest BCUT2D eigenvalue weighted by atomic mass is 10.2. The van der Waals surface area contributed by atoms with Crippen LogP contribution in [0.3, 0.4) is 0 Å². The van der Waals surface area contributed by atoms with Gasteiger partial charge in [0.05, 0.1) is 10.7 Å². The zero-order chi connectivity index (χ0) is 19.5. The maximum Gasteiger partial charge on any atom is 0.230 e. The van der Waals surface area contributed by atoms with Crippen LogP contribution in [-0.4, -0.2) is 47.2 Å². The van der Waals surface area contributed by atoms with Crippen molar-refractivity contribution >= 4 is 46.5 Å². The summed E-state index contributed by atoms with van der Waals surface area (Å²) in [6.07, 6.45) is 4.92. The number of anilines is 4. The van der Waals surface area contributed by atoms with Gasteiger partial charge in [-0.05, 0) is 19.8 Å². The predicted molar refractivity (Wildman–Crippen MR) is 115 cm³/mol. The van der Waals surface area contributed by atoms with Crippen LogP contribution in [0.4, 0.5) is 23.3 Å². The van der Waals surface area contributed by atoms with Crippen LogP contribution in [-0.2, 0) is 0 Å². The number of nitrogens with one attached hydrogen (secondary N) is 3. The highest BCUT2D eigenvalue weighted by Gasteiger charge is 2.20. The van der Waals surface area contributed by atoms with Gasteiger partial charge >= 0.3 is 0 Å². The molecule has 0 unspecified atom stereocenters. The van der Waals surface area contributed by atoms with Crippen LogP contribution in [0.1, 0.15) is 31.4 Å². The van der Waals surface area contributed by atoms with E-state index in [9.17, 15) is 0 Å². The lowest BCUT2D eigenvalue weighted by molar-refractivity contribution is 0.589. The van der Waals surface area contributed by atoms with Gasteiger partial charge in [0.1, 0.15) is 11.6 Å². The summed E-state index contributed by atoms with van der Waals surface area (Å²) in [5, 5.41) is 10.9. The number of nitrogens with zero attached hydrogens (tertiary/aromatic N) is 4. The molecule has 1 aliphatic carbocycles. The molecule has 0 bridgehead atoms. The van der Waals surface area contributed by atoms with Gasteiger partial charge in [-0.2, -0.15) is 4.98 Å². The van der Waals surface area contributed by atoms with Gasteiger partial charge in [0.15, 0.2) is 5.15 Å². The van der Waals surface area contributed by atoms with Crippen molar-refractivity contribution in [3.8, 4) is 0 Å². The molecule has 2 aliphatic rings. The van der Waals surface area contributed by atoms with Gasteiger partial charge in [-0.15, -0.1) is 0 Å². The molecule has 0 atom stereocenters. The number of hydrogen-bond donors (Lipinski definition) is 3. The minimum atomic E-state index is 0.383. The maximum absolute atomic E-state index is 6.53. The number of aromatic nitrogens is 3. The van der Waals surface area contributed by atoms with E-state index in [4.69, 9.17) is 23.2 Å². The molecule has 0 spiro atoms. The third-order valence-corrected chi connectivity index (χ3v) is 5.69. The average molecular weight is 422 g/mol. The molecule has 4 rings (SSSR count). The first kappa shape index (κ1) is 19.5. The molecule has 28 heavy (non-hydrogen) atoms. The highest BCUT2D eigenvalue weighted by Crippen LogP contribution is 2.35. The van der Waals surface area contributed by atoms with E-state index in [1.54, 1.807) is 6.07 Å². The number of aryl methyl sites for hydroxylation is 1. The molecule has 1 saturated heterocycles. The Bertz CT molecular complexity index is 810. The third-order valence-electron chi connectivity index (χ3n) is 5.14. The number of pyridine rings is 1. The van der Waals surface area contributed by atoms with E-state index in [0.29, 0.717) is 28.0 Å². The molecular weight excluding hydrogens is 397 g/mol. The monoisotopic (exact) mass is 421 g/mol. The molecular formula is C19H25Cl2N7. The van der Waals surface area contributed by atoms with Crippen molar-refractivity contribution < 1.29 is 0 Å². The van der Waals surface area contributed by atoms with Gasteiger partial charge in [0.25, 0.3) is 0 Å². The molecule has 0 aromatic carbocycles. The summed E-state index contributed by atoms with van der Waals surface area (Å²) in [6.45, 7) is 5.46. The minimum absolute atomic E-state index is 0.383. The molecule has 1 saturated carbocycles. The number of piperazine rings is 1. The van der Waals surface area contributed by atoms with Crippen LogP contribution >= 0.6 is 23.2 Å². The maximum atomic E-state index is 6.53. The van der Waals surface area contributed by atoms with Crippen molar-refractivity contribution in [1.82, 2.24) is 20.3 Å². The summed E-state index contributed by atoms with van der Waals surface area (Å²) in [7, 11) is 0. The Morgan fingerprint density at radius 2 is 1.79 bits per heavy atom. The summed E-state index contributed by atoms with van der Waals surface area (Å²) in [5.41, 5.74) is 1.66. The fourth-order valence-electron chi connectivity index (χ4n) is 3.80. The first-order valence-corrected chi connectivity index (χ1v) is 10.5. The molecule has 2 fully saturated rings. The molecule has 9 heteroatoms. The summed E-state index contributed by atoms with van der Waals surface area (Å²) >= 11 is 13.0. The molecule has 7 nitrogen and oxygen atoms in total. The molecule has 2 aromatic rings. The van der Waals surface area contributed by atoms with Crippen molar-refractivity contribution in [3.05, 3.63) is 28.0 Å². The molecule has 2 aromatic heterocycles. The largest absolute Gasteiger partial charge is 0.367 e. The van der Waals surface area contributed by atoms with E-state index in [2.05, 4.69) is 35.8 Å². The Balaban J connectivity index is 1.52. The molecule has 150 valence electrons. The second-order valence-corrected chi connectivity index (χ2v) is 8.10. The van der Waals surface area contributed by atoms with Gasteiger partial charge in [0, 0.05) is 50.0 Å². The third kappa shape index (κ3) is 4.59. The zero-order valence-electron chi connectivity index (χ0n) is 15.9. The second kappa shape index (κ2) is 8.68. The Labute approximate surface area is 175 Å². The molecule has 0 radical (unpaired) electrons. The minimum Gasteiger partial charge on any atom is -0.367 e. The summed E-state index contributed by atoms with van der Waals surface area (Å²) in [4.78, 5) is 15.7. The van der Waals surface area contributed by atoms with Crippen LogP contribution in [0.25, 0.3) is 0 Å². The first-order chi connectivity index (χ1) is 13.6. The van der Waals surface area contributed by atoms with E-state index in [0.717, 1.165) is 43.4 Å². The predicted octanol–water partition coefficient (Wildman–Crippen LogP) is 3.99. The van der Waals surface area contributed by atoms with Crippen LogP contribution in [0.15, 0.2) is 12.1 Å². The quantitative estimate of drug-likeness (QED) is 0.629. The SMILES string of the molecule is Cc1cc(NC2CCCC2)nc(Nc2cc(Cl)c(N3CCNCC3)c(Cl)n2)n1. The summed E-state index contributed by atoms with van der Waals surface area (Å²) in [6, 6.07) is 4.23. The second-order valence-electron chi connectivity index (χ2n) is 7.33. The zero-order valence-corrected chi connectivity index (χ0v) is 17.4. The fourth-order valence-corrected chi connectivity index (χ4v) is 4.48. The van der Waals surface area contributed by atoms with Crippen LogP contribution in [0.5, 0.6) is 0 Å². The molecule has 3 heterocycles. The molecule has 0 amide bonds. The van der Waals surface area contributed by atoms with E-state index in [1.807, 2.05) is 13.0 Å². The highest BCUT2D eigenvalue weighted by atomic mass is 35.5. The van der Waals surface area contributed by atoms with Crippen molar-refractivity contribution in [2.45, 2.75) is 38.6 Å². The fraction of sp³-hybridized carbons (Fsp3) is 0.526. The molecule has 3 N–H and O–H groups in total. The Morgan fingerprint density at radius 1 is 1.04 bits per heavy atom. The first-order valence-electron chi connectivity index (χ1n) is 9.79. The molecule has 1 aliphatic heterocycles. The average Bonchev–Trinajstić information content (AvgIpc) is 3.14. The lowest BCUT2D eigenvalue weighted by Crippen LogP contribution is -2.43. The van der Waals surface area contributed by atoms with E-state index in [-0.39, 0.29) is 0 Å². The van der Waals surface area contributed by atoms with Crippen molar-refractivity contribution in [3.63, 3.8) is 0 Å².